The Morgan fingerprint density at radius 1 is 1.10 bits per heavy atom. The minimum absolute atomic E-state index is 0.00344. The van der Waals surface area contributed by atoms with Crippen LogP contribution in [0.5, 0.6) is 0 Å². The number of nitrogens with zero attached hydrogens (tertiary/aromatic N) is 2. The fourth-order valence-corrected chi connectivity index (χ4v) is 6.08. The third-order valence-corrected chi connectivity index (χ3v) is 7.67. The van der Waals surface area contributed by atoms with Crippen LogP contribution in [0.25, 0.3) is 16.8 Å². The second kappa shape index (κ2) is 7.45. The van der Waals surface area contributed by atoms with E-state index in [1.165, 1.54) is 16.8 Å². The maximum absolute atomic E-state index is 12.8. The summed E-state index contributed by atoms with van der Waals surface area (Å²) in [6.45, 7) is 6.47. The topological polar surface area (TPSA) is 44.1 Å². The van der Waals surface area contributed by atoms with Crippen molar-refractivity contribution in [1.82, 2.24) is 9.55 Å². The van der Waals surface area contributed by atoms with Crippen LogP contribution < -0.4 is 0 Å². The number of hydrogen-bond acceptors (Lipinski definition) is 3. The van der Waals surface area contributed by atoms with Crippen LogP contribution >= 0.6 is 0 Å². The standard InChI is InChI=1S/C27H30N2O2/c1-17-22-13-14-23-26(27(22,3)16-24(31-4)25(17)30)28-18(2)29(23)21-12-8-11-20(15-21)19-9-6-5-7-10-19/h5-12,15,17,22,24H,13-14,16H2,1-4H3/t17-,22-,24?,27-/m0/s1. The number of carbonyl (C=O) groups excluding carboxylic acids is 1. The van der Waals surface area contributed by atoms with E-state index in [0.717, 1.165) is 30.0 Å². The smallest absolute Gasteiger partial charge is 0.164 e. The zero-order valence-corrected chi connectivity index (χ0v) is 18.8. The lowest BCUT2D eigenvalue weighted by atomic mass is 9.56. The van der Waals surface area contributed by atoms with Crippen molar-refractivity contribution in [2.24, 2.45) is 11.8 Å². The molecule has 0 aliphatic heterocycles. The number of fused-ring (bicyclic) bond motifs is 3. The lowest BCUT2D eigenvalue weighted by Crippen LogP contribution is -2.53. The Balaban J connectivity index is 1.61. The number of ether oxygens (including phenoxy) is 1. The summed E-state index contributed by atoms with van der Waals surface area (Å²) in [5, 5.41) is 0. The molecule has 31 heavy (non-hydrogen) atoms. The predicted octanol–water partition coefficient (Wildman–Crippen LogP) is 5.29. The van der Waals surface area contributed by atoms with Gasteiger partial charge in [-0.15, -0.1) is 0 Å². The Bertz CT molecular complexity index is 1130. The molecule has 4 atom stereocenters. The molecule has 1 fully saturated rings. The highest BCUT2D eigenvalue weighted by Crippen LogP contribution is 2.51. The number of benzene rings is 2. The lowest BCUT2D eigenvalue weighted by Gasteiger charge is -2.49. The number of carbonyl (C=O) groups is 1. The van der Waals surface area contributed by atoms with Gasteiger partial charge in [0.25, 0.3) is 0 Å². The molecule has 1 heterocycles. The molecule has 1 aromatic heterocycles. The highest BCUT2D eigenvalue weighted by atomic mass is 16.5. The van der Waals surface area contributed by atoms with Crippen molar-refractivity contribution >= 4 is 5.78 Å². The first-order valence-corrected chi connectivity index (χ1v) is 11.2. The van der Waals surface area contributed by atoms with Crippen LogP contribution in [0.2, 0.25) is 0 Å². The highest BCUT2D eigenvalue weighted by molar-refractivity contribution is 5.87. The maximum atomic E-state index is 12.8. The quantitative estimate of drug-likeness (QED) is 0.585. The minimum Gasteiger partial charge on any atom is -0.374 e. The molecule has 2 aromatic carbocycles. The summed E-state index contributed by atoms with van der Waals surface area (Å²) in [5.74, 6) is 1.58. The molecule has 3 aromatic rings. The Hall–Kier alpha value is -2.72. The monoisotopic (exact) mass is 414 g/mol. The van der Waals surface area contributed by atoms with Gasteiger partial charge in [0, 0.05) is 29.8 Å². The van der Waals surface area contributed by atoms with Crippen molar-refractivity contribution in [1.29, 1.82) is 0 Å². The number of aromatic nitrogens is 2. The third-order valence-electron chi connectivity index (χ3n) is 7.67. The molecule has 4 nitrogen and oxygen atoms in total. The molecular weight excluding hydrogens is 384 g/mol. The highest BCUT2D eigenvalue weighted by Gasteiger charge is 2.53. The Morgan fingerprint density at radius 2 is 1.84 bits per heavy atom. The largest absolute Gasteiger partial charge is 0.374 e. The van der Waals surface area contributed by atoms with Gasteiger partial charge in [0.15, 0.2) is 5.78 Å². The average Bonchev–Trinajstić information content (AvgIpc) is 3.14. The number of imidazole rings is 1. The molecule has 1 saturated carbocycles. The van der Waals surface area contributed by atoms with Crippen LogP contribution in [0.4, 0.5) is 0 Å². The van der Waals surface area contributed by atoms with Crippen LogP contribution in [0.1, 0.15) is 43.9 Å². The van der Waals surface area contributed by atoms with E-state index in [4.69, 9.17) is 9.72 Å². The lowest BCUT2D eigenvalue weighted by molar-refractivity contribution is -0.143. The van der Waals surface area contributed by atoms with Crippen LogP contribution in [0, 0.1) is 18.8 Å². The maximum Gasteiger partial charge on any atom is 0.164 e. The predicted molar refractivity (Wildman–Crippen MR) is 122 cm³/mol. The van der Waals surface area contributed by atoms with Crippen LogP contribution in [-0.4, -0.2) is 28.5 Å². The molecule has 0 saturated heterocycles. The van der Waals surface area contributed by atoms with Crippen LogP contribution in [0.15, 0.2) is 54.6 Å². The molecule has 0 spiro atoms. The van der Waals surface area contributed by atoms with Crippen molar-refractivity contribution in [2.75, 3.05) is 7.11 Å². The van der Waals surface area contributed by atoms with E-state index in [0.29, 0.717) is 12.3 Å². The van der Waals surface area contributed by atoms with E-state index in [1.807, 2.05) is 6.07 Å². The van der Waals surface area contributed by atoms with Gasteiger partial charge in [-0.2, -0.15) is 0 Å². The first kappa shape index (κ1) is 20.2. The number of rotatable bonds is 3. The molecule has 0 N–H and O–H groups in total. The van der Waals surface area contributed by atoms with Gasteiger partial charge >= 0.3 is 0 Å². The number of Topliss-reactive ketones (excluding diaryl/α,β-unsaturated/α-hetero) is 1. The Kier molecular flexibility index (Phi) is 4.86. The second-order valence-electron chi connectivity index (χ2n) is 9.39. The summed E-state index contributed by atoms with van der Waals surface area (Å²) in [6.07, 6.45) is 2.33. The molecule has 160 valence electrons. The third kappa shape index (κ3) is 3.08. The molecule has 0 amide bonds. The van der Waals surface area contributed by atoms with Gasteiger partial charge in [0.05, 0.1) is 5.69 Å². The van der Waals surface area contributed by atoms with E-state index in [9.17, 15) is 4.79 Å². The minimum atomic E-state index is -0.339. The number of ketones is 1. The summed E-state index contributed by atoms with van der Waals surface area (Å²) < 4.78 is 7.93. The van der Waals surface area contributed by atoms with E-state index < -0.39 is 0 Å². The molecule has 0 bridgehead atoms. The zero-order valence-electron chi connectivity index (χ0n) is 18.8. The van der Waals surface area contributed by atoms with Gasteiger partial charge < -0.3 is 9.30 Å². The van der Waals surface area contributed by atoms with Crippen molar-refractivity contribution in [3.63, 3.8) is 0 Å². The van der Waals surface area contributed by atoms with Gasteiger partial charge in [-0.1, -0.05) is 56.3 Å². The van der Waals surface area contributed by atoms with Crippen LogP contribution in [0.3, 0.4) is 0 Å². The summed E-state index contributed by atoms with van der Waals surface area (Å²) in [4.78, 5) is 17.9. The number of aryl methyl sites for hydroxylation is 1. The molecule has 2 aliphatic carbocycles. The summed E-state index contributed by atoms with van der Waals surface area (Å²) in [5.41, 5.74) is 5.87. The molecule has 0 radical (unpaired) electrons. The van der Waals surface area contributed by atoms with Gasteiger partial charge in [-0.3, -0.25) is 4.79 Å². The number of hydrogen-bond donors (Lipinski definition) is 0. The average molecular weight is 415 g/mol. The molecule has 4 heteroatoms. The fourth-order valence-electron chi connectivity index (χ4n) is 6.08. The molecule has 5 rings (SSSR count). The van der Waals surface area contributed by atoms with Gasteiger partial charge in [-0.05, 0) is 55.4 Å². The number of methoxy groups -OCH3 is 1. The second-order valence-corrected chi connectivity index (χ2v) is 9.39. The van der Waals surface area contributed by atoms with E-state index >= 15 is 0 Å². The van der Waals surface area contributed by atoms with E-state index in [1.54, 1.807) is 7.11 Å². The van der Waals surface area contributed by atoms with E-state index in [-0.39, 0.29) is 23.2 Å². The Morgan fingerprint density at radius 3 is 2.58 bits per heavy atom. The molecule has 2 aliphatic rings. The van der Waals surface area contributed by atoms with Crippen molar-refractivity contribution in [2.45, 2.75) is 51.6 Å². The fraction of sp³-hybridized carbons (Fsp3) is 0.407. The molecular formula is C27H30N2O2. The zero-order chi connectivity index (χ0) is 21.8. The normalized spacial score (nSPS) is 27.6. The van der Waals surface area contributed by atoms with Gasteiger partial charge in [0.1, 0.15) is 11.9 Å². The van der Waals surface area contributed by atoms with Crippen molar-refractivity contribution < 1.29 is 9.53 Å². The first-order valence-electron chi connectivity index (χ1n) is 11.2. The Labute approximate surface area is 184 Å². The van der Waals surface area contributed by atoms with Gasteiger partial charge in [0.2, 0.25) is 0 Å². The van der Waals surface area contributed by atoms with Gasteiger partial charge in [-0.25, -0.2) is 4.98 Å². The SMILES string of the molecule is COC1C[C@]2(C)c3nc(C)n(-c4cccc(-c5ccccc5)c4)c3CC[C@H]2[C@H](C)C1=O. The van der Waals surface area contributed by atoms with Crippen LogP contribution in [-0.2, 0) is 21.4 Å². The molecule has 1 unspecified atom stereocenters. The summed E-state index contributed by atoms with van der Waals surface area (Å²) in [7, 11) is 1.65. The van der Waals surface area contributed by atoms with E-state index in [2.05, 4.69) is 73.9 Å². The first-order chi connectivity index (χ1) is 14.9. The van der Waals surface area contributed by atoms with Crippen molar-refractivity contribution in [3.8, 4) is 16.8 Å². The summed E-state index contributed by atoms with van der Waals surface area (Å²) in [6, 6.07) is 19.2. The summed E-state index contributed by atoms with van der Waals surface area (Å²) >= 11 is 0. The van der Waals surface area contributed by atoms with Crippen molar-refractivity contribution in [3.05, 3.63) is 71.8 Å².